The zero-order valence-corrected chi connectivity index (χ0v) is 14.6. The summed E-state index contributed by atoms with van der Waals surface area (Å²) in [4.78, 5) is 27.6. The van der Waals surface area contributed by atoms with Crippen molar-refractivity contribution in [2.75, 3.05) is 30.3 Å². The van der Waals surface area contributed by atoms with Crippen LogP contribution < -0.4 is 16.0 Å². The monoisotopic (exact) mass is 342 g/mol. The molecule has 3 N–H and O–H groups in total. The highest BCUT2D eigenvalue weighted by atomic mass is 16.1. The Hall–Kier alpha value is -2.54. The smallest absolute Gasteiger partial charge is 0.216 e. The van der Waals surface area contributed by atoms with Crippen LogP contribution in [0.5, 0.6) is 0 Å². The van der Waals surface area contributed by atoms with E-state index in [1.807, 2.05) is 0 Å². The van der Waals surface area contributed by atoms with E-state index in [1.165, 1.54) is 6.20 Å². The van der Waals surface area contributed by atoms with Gasteiger partial charge >= 0.3 is 0 Å². The Kier molecular flexibility index (Phi) is 5.23. The summed E-state index contributed by atoms with van der Waals surface area (Å²) in [5, 5.41) is 3.54. The molecule has 1 aliphatic heterocycles. The summed E-state index contributed by atoms with van der Waals surface area (Å²) in [6, 6.07) is 3.76. The number of ketones is 1. The molecule has 0 radical (unpaired) electrons. The van der Waals surface area contributed by atoms with Gasteiger partial charge in [0.2, 0.25) is 5.78 Å². The standard InChI is InChI=1S/C18H24N6O.H2/c1-12(2)8-13-11-24(7-6-21-13)16-10-20-9-15(23-16)17(25)14-4-3-5-22-18(14)19;/h3-5,9-10,12-13,21H,6-8,11H2,1-2H3,(H2,19,22);1H/t13-;/m0./s1. The van der Waals surface area contributed by atoms with Crippen LogP contribution in [0.4, 0.5) is 11.6 Å². The molecule has 0 aromatic carbocycles. The van der Waals surface area contributed by atoms with Crippen LogP contribution in [0.1, 0.15) is 37.7 Å². The van der Waals surface area contributed by atoms with Crippen molar-refractivity contribution < 1.29 is 6.22 Å². The van der Waals surface area contributed by atoms with Gasteiger partial charge in [-0.2, -0.15) is 0 Å². The largest absolute Gasteiger partial charge is 0.383 e. The second kappa shape index (κ2) is 7.57. The van der Waals surface area contributed by atoms with Crippen molar-refractivity contribution in [3.05, 3.63) is 42.0 Å². The van der Waals surface area contributed by atoms with Gasteiger partial charge in [-0.3, -0.25) is 9.78 Å². The Labute approximate surface area is 149 Å². The van der Waals surface area contributed by atoms with Gasteiger partial charge in [-0.1, -0.05) is 13.8 Å². The lowest BCUT2D eigenvalue weighted by Crippen LogP contribution is -2.51. The fourth-order valence-corrected chi connectivity index (χ4v) is 3.13. The Bertz CT molecular complexity index is 754. The number of rotatable bonds is 5. The van der Waals surface area contributed by atoms with Gasteiger partial charge in [0.15, 0.2) is 0 Å². The lowest BCUT2D eigenvalue weighted by atomic mass is 10.0. The summed E-state index contributed by atoms with van der Waals surface area (Å²) in [6.45, 7) is 7.04. The molecule has 2 aromatic rings. The van der Waals surface area contributed by atoms with Crippen LogP contribution in [0.3, 0.4) is 0 Å². The van der Waals surface area contributed by atoms with Gasteiger partial charge in [-0.05, 0) is 24.5 Å². The molecule has 2 aromatic heterocycles. The summed E-state index contributed by atoms with van der Waals surface area (Å²) in [5.41, 5.74) is 6.45. The van der Waals surface area contributed by atoms with E-state index in [4.69, 9.17) is 5.73 Å². The first kappa shape index (κ1) is 17.3. The molecule has 1 aliphatic rings. The van der Waals surface area contributed by atoms with E-state index in [-0.39, 0.29) is 18.7 Å². The first-order valence-electron chi connectivity index (χ1n) is 8.60. The first-order chi connectivity index (χ1) is 12.0. The maximum atomic E-state index is 12.7. The summed E-state index contributed by atoms with van der Waals surface area (Å²) < 4.78 is 0. The molecule has 1 fully saturated rings. The molecule has 0 aliphatic carbocycles. The number of nitrogens with zero attached hydrogens (tertiary/aromatic N) is 4. The average molecular weight is 342 g/mol. The van der Waals surface area contributed by atoms with Gasteiger partial charge in [0.05, 0.1) is 18.0 Å². The van der Waals surface area contributed by atoms with Crippen LogP contribution in [0.2, 0.25) is 0 Å². The molecule has 1 saturated heterocycles. The zero-order valence-electron chi connectivity index (χ0n) is 14.6. The Morgan fingerprint density at radius 3 is 3.08 bits per heavy atom. The summed E-state index contributed by atoms with van der Waals surface area (Å²) >= 11 is 0. The number of pyridine rings is 1. The maximum Gasteiger partial charge on any atom is 0.216 e. The van der Waals surface area contributed by atoms with Crippen molar-refractivity contribution >= 4 is 17.4 Å². The third-order valence-corrected chi connectivity index (χ3v) is 4.27. The van der Waals surface area contributed by atoms with Crippen molar-refractivity contribution in [1.82, 2.24) is 20.3 Å². The van der Waals surface area contributed by atoms with Crippen LogP contribution >= 0.6 is 0 Å². The number of carbonyl (C=O) groups is 1. The summed E-state index contributed by atoms with van der Waals surface area (Å²) in [5.74, 6) is 1.31. The molecular formula is C18H26N6O. The third kappa shape index (κ3) is 4.11. The number of anilines is 2. The predicted molar refractivity (Wildman–Crippen MR) is 99.7 cm³/mol. The molecule has 7 nitrogen and oxygen atoms in total. The zero-order chi connectivity index (χ0) is 17.8. The Morgan fingerprint density at radius 1 is 1.48 bits per heavy atom. The van der Waals surface area contributed by atoms with Crippen LogP contribution in [0.15, 0.2) is 30.7 Å². The van der Waals surface area contributed by atoms with Gasteiger partial charge in [0, 0.05) is 33.3 Å². The van der Waals surface area contributed by atoms with Crippen molar-refractivity contribution in [3.63, 3.8) is 0 Å². The van der Waals surface area contributed by atoms with Gasteiger partial charge in [-0.15, -0.1) is 0 Å². The number of hydrogen-bond donors (Lipinski definition) is 2. The highest BCUT2D eigenvalue weighted by molar-refractivity contribution is 6.10. The topological polar surface area (TPSA) is 97.0 Å². The quantitative estimate of drug-likeness (QED) is 0.799. The van der Waals surface area contributed by atoms with E-state index in [0.29, 0.717) is 17.5 Å². The molecule has 0 bridgehead atoms. The second-order valence-electron chi connectivity index (χ2n) is 6.75. The van der Waals surface area contributed by atoms with E-state index in [0.717, 1.165) is 31.9 Å². The van der Waals surface area contributed by atoms with Crippen LogP contribution in [-0.2, 0) is 0 Å². The second-order valence-corrected chi connectivity index (χ2v) is 6.75. The van der Waals surface area contributed by atoms with Crippen molar-refractivity contribution in [3.8, 4) is 0 Å². The number of aromatic nitrogens is 3. The van der Waals surface area contributed by atoms with Gasteiger partial charge in [0.1, 0.15) is 17.3 Å². The number of nitrogens with two attached hydrogens (primary N) is 1. The minimum absolute atomic E-state index is 0. The van der Waals surface area contributed by atoms with Crippen LogP contribution in [0.25, 0.3) is 0 Å². The van der Waals surface area contributed by atoms with E-state index < -0.39 is 0 Å². The van der Waals surface area contributed by atoms with Gasteiger partial charge in [-0.25, -0.2) is 9.97 Å². The van der Waals surface area contributed by atoms with Crippen molar-refractivity contribution in [2.45, 2.75) is 26.3 Å². The van der Waals surface area contributed by atoms with Gasteiger partial charge in [0.25, 0.3) is 0 Å². The molecule has 1 atom stereocenters. The van der Waals surface area contributed by atoms with E-state index in [1.54, 1.807) is 24.5 Å². The fraction of sp³-hybridized carbons (Fsp3) is 0.444. The van der Waals surface area contributed by atoms with Crippen molar-refractivity contribution in [1.29, 1.82) is 0 Å². The van der Waals surface area contributed by atoms with E-state index in [2.05, 4.69) is 39.0 Å². The molecule has 0 spiro atoms. The molecular weight excluding hydrogens is 316 g/mol. The first-order valence-corrected chi connectivity index (χ1v) is 8.60. The molecule has 3 rings (SSSR count). The third-order valence-electron chi connectivity index (χ3n) is 4.27. The molecule has 134 valence electrons. The van der Waals surface area contributed by atoms with E-state index >= 15 is 0 Å². The number of carbonyl (C=O) groups excluding carboxylic acids is 1. The number of piperazine rings is 1. The SMILES string of the molecule is CC(C)C[C@H]1CN(c2cncc(C(=O)c3cccnc3N)n2)CCN1.[HH]. The fourth-order valence-electron chi connectivity index (χ4n) is 3.13. The molecule has 7 heteroatoms. The molecule has 3 heterocycles. The lowest BCUT2D eigenvalue weighted by Gasteiger charge is -2.35. The Balaban J connectivity index is 0.00000243. The minimum atomic E-state index is -0.256. The number of nitrogens with one attached hydrogen (secondary N) is 1. The Morgan fingerprint density at radius 2 is 2.32 bits per heavy atom. The normalized spacial score (nSPS) is 17.7. The number of hydrogen-bond acceptors (Lipinski definition) is 7. The molecule has 0 unspecified atom stereocenters. The van der Waals surface area contributed by atoms with Crippen molar-refractivity contribution in [2.24, 2.45) is 5.92 Å². The molecule has 0 amide bonds. The molecule has 0 saturated carbocycles. The average Bonchev–Trinajstić information content (AvgIpc) is 2.61. The lowest BCUT2D eigenvalue weighted by molar-refractivity contribution is 0.103. The predicted octanol–water partition coefficient (Wildman–Crippen LogP) is 1.76. The maximum absolute atomic E-state index is 12.7. The van der Waals surface area contributed by atoms with E-state index in [9.17, 15) is 4.79 Å². The van der Waals surface area contributed by atoms with Gasteiger partial charge < -0.3 is 16.0 Å². The minimum Gasteiger partial charge on any atom is -0.383 e. The molecule has 25 heavy (non-hydrogen) atoms. The number of nitrogen functional groups attached to an aromatic ring is 1. The van der Waals surface area contributed by atoms with Crippen LogP contribution in [0, 0.1) is 5.92 Å². The van der Waals surface area contributed by atoms with Crippen LogP contribution in [-0.4, -0.2) is 46.4 Å². The highest BCUT2D eigenvalue weighted by Gasteiger charge is 2.22. The summed E-state index contributed by atoms with van der Waals surface area (Å²) in [6.07, 6.45) is 5.85. The summed E-state index contributed by atoms with van der Waals surface area (Å²) in [7, 11) is 0. The highest BCUT2D eigenvalue weighted by Crippen LogP contribution is 2.18.